The molecule has 1 saturated heterocycles. The van der Waals surface area contributed by atoms with Crippen molar-refractivity contribution < 1.29 is 53.4 Å². The predicted molar refractivity (Wildman–Crippen MR) is 134 cm³/mol. The summed E-state index contributed by atoms with van der Waals surface area (Å²) in [7, 11) is -1.63. The third-order valence-electron chi connectivity index (χ3n) is 6.88. The summed E-state index contributed by atoms with van der Waals surface area (Å²) in [5.41, 5.74) is -0.329. The van der Waals surface area contributed by atoms with Crippen molar-refractivity contribution in [1.29, 1.82) is 0 Å². The Hall–Kier alpha value is -4.66. The van der Waals surface area contributed by atoms with Gasteiger partial charge in [0.2, 0.25) is 0 Å². The summed E-state index contributed by atoms with van der Waals surface area (Å²) in [6, 6.07) is 3.18. The first kappa shape index (κ1) is 28.4. The number of halogens is 1. The van der Waals surface area contributed by atoms with Crippen molar-refractivity contribution in [1.82, 2.24) is 15.1 Å². The molecule has 13 nitrogen and oxygen atoms in total. The summed E-state index contributed by atoms with van der Waals surface area (Å²) >= 11 is 0. The topological polar surface area (TPSA) is 194 Å². The number of nitrogens with zero attached hydrogens (tertiary/aromatic N) is 2. The Balaban J connectivity index is 1.61. The number of para-hydroxylation sites is 1. The molecular formula is C25H25BFN3O10. The zero-order valence-corrected chi connectivity index (χ0v) is 21.2. The average Bonchev–Trinajstić information content (AvgIpc) is 2.92. The van der Waals surface area contributed by atoms with Gasteiger partial charge in [-0.05, 0) is 37.1 Å². The smallest absolute Gasteiger partial charge is 0.526 e. The molecule has 0 aliphatic carbocycles. The highest BCUT2D eigenvalue weighted by Crippen LogP contribution is 2.38. The summed E-state index contributed by atoms with van der Waals surface area (Å²) in [5.74, 6) is -8.64. The van der Waals surface area contributed by atoms with Gasteiger partial charge < -0.3 is 35.2 Å². The maximum atomic E-state index is 15.0. The number of likely N-dealkylation sites (N-methyl/N-ethyl adjacent to an activating group) is 1. The molecule has 4 amide bonds. The SMILES string of the molecule is CCN1CCN(C(=O)NC(C(=O)C[C@H]2Cc3cccc(C(=O)O)c3OB2O)c2ccc(O)c(O)c2F)C(=O)C1=O. The van der Waals surface area contributed by atoms with Crippen LogP contribution in [0.4, 0.5) is 9.18 Å². The highest BCUT2D eigenvalue weighted by molar-refractivity contribution is 6.47. The van der Waals surface area contributed by atoms with Gasteiger partial charge in [-0.25, -0.2) is 14.0 Å². The number of phenolic OH excluding ortho intramolecular Hbond substituents is 2. The normalized spacial score (nSPS) is 17.7. The maximum absolute atomic E-state index is 15.0. The van der Waals surface area contributed by atoms with Gasteiger partial charge in [0, 0.05) is 37.4 Å². The molecule has 2 aromatic rings. The maximum Gasteiger partial charge on any atom is 0.526 e. The van der Waals surface area contributed by atoms with Crippen molar-refractivity contribution in [2.75, 3.05) is 19.6 Å². The van der Waals surface area contributed by atoms with Crippen LogP contribution in [0.3, 0.4) is 0 Å². The Kier molecular flexibility index (Phi) is 7.95. The van der Waals surface area contributed by atoms with Crippen LogP contribution in [0.5, 0.6) is 17.2 Å². The van der Waals surface area contributed by atoms with Crippen LogP contribution in [0.15, 0.2) is 30.3 Å². The molecule has 5 N–H and O–H groups in total. The van der Waals surface area contributed by atoms with E-state index in [1.165, 1.54) is 17.0 Å². The number of amides is 4. The van der Waals surface area contributed by atoms with E-state index in [0.717, 1.165) is 12.1 Å². The number of Topliss-reactive ketones (excluding diaryl/α,β-unsaturated/α-hetero) is 1. The molecule has 0 aromatic heterocycles. The molecule has 0 bridgehead atoms. The summed E-state index contributed by atoms with van der Waals surface area (Å²) in [5, 5.41) is 41.7. The number of carboxylic acids is 1. The molecule has 0 saturated carbocycles. The van der Waals surface area contributed by atoms with Crippen molar-refractivity contribution in [3.63, 3.8) is 0 Å². The predicted octanol–water partition coefficient (Wildman–Crippen LogP) is 0.821. The lowest BCUT2D eigenvalue weighted by atomic mass is 9.64. The minimum absolute atomic E-state index is 0.000693. The Bertz CT molecular complexity index is 1400. The molecule has 0 radical (unpaired) electrons. The van der Waals surface area contributed by atoms with E-state index in [0.29, 0.717) is 10.5 Å². The lowest BCUT2D eigenvalue weighted by Gasteiger charge is -2.33. The van der Waals surface area contributed by atoms with Gasteiger partial charge in [0.15, 0.2) is 23.1 Å². The van der Waals surface area contributed by atoms with Crippen LogP contribution in [-0.2, 0) is 20.8 Å². The number of benzene rings is 2. The molecule has 15 heteroatoms. The van der Waals surface area contributed by atoms with Crippen molar-refractivity contribution in [2.24, 2.45) is 0 Å². The number of imide groups is 1. The van der Waals surface area contributed by atoms with Gasteiger partial charge in [-0.2, -0.15) is 0 Å². The van der Waals surface area contributed by atoms with E-state index in [2.05, 4.69) is 5.32 Å². The second-order valence-corrected chi connectivity index (χ2v) is 9.30. The number of hydrogen-bond donors (Lipinski definition) is 5. The van der Waals surface area contributed by atoms with E-state index in [-0.39, 0.29) is 37.4 Å². The fourth-order valence-electron chi connectivity index (χ4n) is 4.70. The molecule has 4 rings (SSSR count). The Morgan fingerprint density at radius 1 is 1.15 bits per heavy atom. The van der Waals surface area contributed by atoms with Gasteiger partial charge in [-0.1, -0.05) is 12.1 Å². The van der Waals surface area contributed by atoms with Crippen LogP contribution in [-0.4, -0.2) is 86.5 Å². The number of carbonyl (C=O) groups excluding carboxylic acids is 4. The number of rotatable bonds is 7. The first-order chi connectivity index (χ1) is 18.9. The molecule has 1 fully saturated rings. The number of ketones is 1. The van der Waals surface area contributed by atoms with Crippen LogP contribution >= 0.6 is 0 Å². The minimum Gasteiger partial charge on any atom is -0.535 e. The van der Waals surface area contributed by atoms with E-state index in [4.69, 9.17) is 4.65 Å². The molecule has 1 unspecified atom stereocenters. The van der Waals surface area contributed by atoms with Crippen LogP contribution in [0, 0.1) is 5.82 Å². The average molecular weight is 557 g/mol. The number of carbonyl (C=O) groups is 5. The number of aromatic hydroxyl groups is 2. The van der Waals surface area contributed by atoms with Gasteiger partial charge in [0.25, 0.3) is 0 Å². The first-order valence-corrected chi connectivity index (χ1v) is 12.3. The Morgan fingerprint density at radius 2 is 1.88 bits per heavy atom. The monoisotopic (exact) mass is 557 g/mol. The van der Waals surface area contributed by atoms with Crippen LogP contribution in [0.25, 0.3) is 0 Å². The number of carboxylic acid groups (broad SMARTS) is 1. The number of piperazine rings is 1. The van der Waals surface area contributed by atoms with E-state index < -0.39 is 77.9 Å². The molecule has 0 spiro atoms. The first-order valence-electron chi connectivity index (χ1n) is 12.3. The molecule has 2 aliphatic heterocycles. The quantitative estimate of drug-likeness (QED) is 0.185. The zero-order valence-electron chi connectivity index (χ0n) is 21.2. The number of aromatic carboxylic acids is 1. The van der Waals surface area contributed by atoms with Gasteiger partial charge >= 0.3 is 30.9 Å². The molecular weight excluding hydrogens is 532 g/mol. The van der Waals surface area contributed by atoms with Crippen LogP contribution in [0.2, 0.25) is 5.82 Å². The summed E-state index contributed by atoms with van der Waals surface area (Å²) < 4.78 is 20.4. The van der Waals surface area contributed by atoms with Gasteiger partial charge in [0.05, 0.1) is 5.56 Å². The number of nitrogens with one attached hydrogen (secondary N) is 1. The lowest BCUT2D eigenvalue weighted by molar-refractivity contribution is -0.153. The molecule has 2 heterocycles. The van der Waals surface area contributed by atoms with Crippen molar-refractivity contribution in [2.45, 2.75) is 31.6 Å². The highest BCUT2D eigenvalue weighted by atomic mass is 19.1. The molecule has 2 aliphatic rings. The second-order valence-electron chi connectivity index (χ2n) is 9.30. The minimum atomic E-state index is -1.81. The molecule has 210 valence electrons. The van der Waals surface area contributed by atoms with Gasteiger partial charge in [-0.3, -0.25) is 19.3 Å². The lowest BCUT2D eigenvalue weighted by Crippen LogP contribution is -2.58. The summed E-state index contributed by atoms with van der Waals surface area (Å²) in [4.78, 5) is 64.6. The number of fused-ring (bicyclic) bond motifs is 1. The third-order valence-corrected chi connectivity index (χ3v) is 6.88. The molecule has 2 aromatic carbocycles. The Labute approximate surface area is 226 Å². The van der Waals surface area contributed by atoms with Crippen molar-refractivity contribution >= 4 is 36.7 Å². The summed E-state index contributed by atoms with van der Waals surface area (Å²) in [6.45, 7) is 1.75. The standard InChI is InChI=1S/C25H25BFN3O10/c1-2-29-8-9-30(23(35)22(29)34)25(38)28-19(14-6-7-16(31)20(33)18(14)27)17(32)11-13-10-12-4-3-5-15(24(36)37)21(12)40-26(13)39/h3-7,13,19,31,33,39H,2,8-11H2,1H3,(H,28,38)(H,36,37)/t13-,19?/m1/s1. The number of phenols is 2. The van der Waals surface area contributed by atoms with E-state index in [1.54, 1.807) is 13.0 Å². The van der Waals surface area contributed by atoms with E-state index in [9.17, 15) is 48.7 Å². The molecule has 2 atom stereocenters. The van der Waals surface area contributed by atoms with Gasteiger partial charge in [-0.15, -0.1) is 0 Å². The third kappa shape index (κ3) is 5.27. The summed E-state index contributed by atoms with van der Waals surface area (Å²) in [6.07, 6.45) is -0.514. The molecule has 40 heavy (non-hydrogen) atoms. The largest absolute Gasteiger partial charge is 0.535 e. The van der Waals surface area contributed by atoms with Crippen molar-refractivity contribution in [3.8, 4) is 17.2 Å². The highest BCUT2D eigenvalue weighted by Gasteiger charge is 2.41. The number of urea groups is 1. The van der Waals surface area contributed by atoms with E-state index in [1.807, 2.05) is 0 Å². The second kappa shape index (κ2) is 11.2. The van der Waals surface area contributed by atoms with Crippen LogP contribution < -0.4 is 9.97 Å². The van der Waals surface area contributed by atoms with E-state index >= 15 is 0 Å². The van der Waals surface area contributed by atoms with Crippen LogP contribution in [0.1, 0.15) is 40.9 Å². The van der Waals surface area contributed by atoms with Gasteiger partial charge in [0.1, 0.15) is 11.8 Å². The number of hydrogen-bond acceptors (Lipinski definition) is 9. The zero-order chi connectivity index (χ0) is 29.3. The van der Waals surface area contributed by atoms with Crippen molar-refractivity contribution in [3.05, 3.63) is 52.8 Å². The fraction of sp³-hybridized carbons (Fsp3) is 0.320. The Morgan fingerprint density at radius 3 is 2.55 bits per heavy atom. The fourth-order valence-corrected chi connectivity index (χ4v) is 4.70.